The molecule has 0 spiro atoms. The van der Waals surface area contributed by atoms with E-state index >= 15 is 0 Å². The van der Waals surface area contributed by atoms with Crippen molar-refractivity contribution in [2.24, 2.45) is 0 Å². The third-order valence-electron chi connectivity index (χ3n) is 6.74. The van der Waals surface area contributed by atoms with Gasteiger partial charge in [-0.1, -0.05) is 37.3 Å². The van der Waals surface area contributed by atoms with E-state index in [1.54, 1.807) is 6.07 Å². The summed E-state index contributed by atoms with van der Waals surface area (Å²) < 4.78 is 5.99. The molecule has 2 atom stereocenters. The van der Waals surface area contributed by atoms with Crippen molar-refractivity contribution in [3.63, 3.8) is 0 Å². The first-order chi connectivity index (χ1) is 17.3. The maximum absolute atomic E-state index is 13.3. The van der Waals surface area contributed by atoms with Gasteiger partial charge in [0.25, 0.3) is 5.91 Å². The van der Waals surface area contributed by atoms with Crippen LogP contribution in [-0.4, -0.2) is 46.1 Å². The highest BCUT2D eigenvalue weighted by Gasteiger charge is 2.27. The van der Waals surface area contributed by atoms with E-state index in [0.29, 0.717) is 30.8 Å². The highest BCUT2D eigenvalue weighted by molar-refractivity contribution is 5.97. The lowest BCUT2D eigenvalue weighted by atomic mass is 9.88. The summed E-state index contributed by atoms with van der Waals surface area (Å²) in [4.78, 5) is 26.9. The third kappa shape index (κ3) is 6.18. The Morgan fingerprint density at radius 2 is 2.06 bits per heavy atom. The molecule has 192 valence electrons. The van der Waals surface area contributed by atoms with Gasteiger partial charge >= 0.3 is 5.97 Å². The van der Waals surface area contributed by atoms with Crippen molar-refractivity contribution in [2.75, 3.05) is 13.1 Å². The number of allylic oxidation sites excluding steroid dienone is 1. The molecule has 0 radical (unpaired) electrons. The molecule has 1 unspecified atom stereocenters. The third-order valence-corrected chi connectivity index (χ3v) is 6.74. The van der Waals surface area contributed by atoms with E-state index in [9.17, 15) is 14.7 Å². The Morgan fingerprint density at radius 3 is 2.83 bits per heavy atom. The Morgan fingerprint density at radius 1 is 1.25 bits per heavy atom. The molecule has 8 heteroatoms. The van der Waals surface area contributed by atoms with Gasteiger partial charge in [-0.2, -0.15) is 0 Å². The molecule has 1 amide bonds. The van der Waals surface area contributed by atoms with Crippen LogP contribution in [0.25, 0.3) is 0 Å². The Balaban J connectivity index is 1.52. The summed E-state index contributed by atoms with van der Waals surface area (Å²) in [5, 5.41) is 11.6. The fraction of sp³-hybridized carbons (Fsp3) is 0.429. The summed E-state index contributed by atoms with van der Waals surface area (Å²) in [6, 6.07) is 13.5. The average molecular weight is 493 g/mol. The van der Waals surface area contributed by atoms with Crippen LogP contribution in [0.2, 0.25) is 0 Å². The largest absolute Gasteiger partial charge is 0.488 e. The van der Waals surface area contributed by atoms with E-state index in [1.807, 2.05) is 60.3 Å². The summed E-state index contributed by atoms with van der Waals surface area (Å²) in [5.41, 5.74) is 11.0. The molecular formula is C28H36N4O4. The van der Waals surface area contributed by atoms with Crippen LogP contribution in [-0.2, 0) is 11.3 Å². The molecule has 2 aromatic rings. The van der Waals surface area contributed by atoms with Crippen LogP contribution in [0.5, 0.6) is 5.75 Å². The number of fused-ring (bicyclic) bond motifs is 1. The summed E-state index contributed by atoms with van der Waals surface area (Å²) in [5.74, 6) is -0.379. The molecule has 0 saturated heterocycles. The smallest absolute Gasteiger partial charge is 0.303 e. The molecule has 2 aliphatic heterocycles. The zero-order valence-corrected chi connectivity index (χ0v) is 21.3. The summed E-state index contributed by atoms with van der Waals surface area (Å²) in [6.45, 7) is 7.95. The zero-order valence-electron chi connectivity index (χ0n) is 21.3. The van der Waals surface area contributed by atoms with Crippen molar-refractivity contribution in [1.29, 1.82) is 0 Å². The van der Waals surface area contributed by atoms with Crippen molar-refractivity contribution in [3.05, 3.63) is 76.6 Å². The number of nitrogens with one attached hydrogen (secondary N) is 2. The summed E-state index contributed by atoms with van der Waals surface area (Å²) in [6.07, 6.45) is 4.45. The van der Waals surface area contributed by atoms with E-state index in [4.69, 9.17) is 4.74 Å². The van der Waals surface area contributed by atoms with E-state index < -0.39 is 5.97 Å². The number of benzene rings is 2. The number of aryl methyl sites for hydroxylation is 1. The van der Waals surface area contributed by atoms with Gasteiger partial charge in [-0.25, -0.2) is 0 Å². The van der Waals surface area contributed by atoms with Crippen molar-refractivity contribution >= 4 is 11.9 Å². The van der Waals surface area contributed by atoms with Gasteiger partial charge in [-0.05, 0) is 67.9 Å². The maximum atomic E-state index is 13.3. The lowest BCUT2D eigenvalue weighted by Gasteiger charge is -2.24. The normalized spacial score (nSPS) is 18.1. The number of hydrogen-bond acceptors (Lipinski definition) is 6. The van der Waals surface area contributed by atoms with Crippen LogP contribution >= 0.6 is 0 Å². The topological polar surface area (TPSA) is 94.1 Å². The van der Waals surface area contributed by atoms with Gasteiger partial charge in [0.05, 0.1) is 18.5 Å². The number of ether oxygens (including phenoxy) is 1. The number of carboxylic acids is 1. The minimum atomic E-state index is -0.813. The first-order valence-corrected chi connectivity index (χ1v) is 12.7. The van der Waals surface area contributed by atoms with Crippen molar-refractivity contribution in [1.82, 2.24) is 20.9 Å². The van der Waals surface area contributed by atoms with Crippen LogP contribution in [0.1, 0.15) is 72.5 Å². The lowest BCUT2D eigenvalue weighted by molar-refractivity contribution is -0.137. The number of nitrogens with zero attached hydrogens (tertiary/aromatic N) is 2. The second-order valence-corrected chi connectivity index (χ2v) is 9.71. The molecule has 2 aliphatic rings. The van der Waals surface area contributed by atoms with E-state index in [-0.39, 0.29) is 24.3 Å². The molecule has 0 fully saturated rings. The number of para-hydroxylation sites is 1. The molecular weight excluding hydrogens is 456 g/mol. The number of amides is 1. The quantitative estimate of drug-likeness (QED) is 0.454. The van der Waals surface area contributed by atoms with E-state index in [0.717, 1.165) is 41.8 Å². The number of hydrogen-bond donors (Lipinski definition) is 3. The van der Waals surface area contributed by atoms with Crippen molar-refractivity contribution in [2.45, 2.75) is 65.0 Å². The molecule has 0 aromatic heterocycles. The molecule has 4 rings (SSSR count). The van der Waals surface area contributed by atoms with Crippen molar-refractivity contribution in [3.8, 4) is 5.75 Å². The van der Waals surface area contributed by atoms with Crippen LogP contribution in [0, 0.1) is 6.92 Å². The number of rotatable bonds is 10. The fourth-order valence-electron chi connectivity index (χ4n) is 4.83. The highest BCUT2D eigenvalue weighted by Crippen LogP contribution is 2.30. The number of carbonyl (C=O) groups is 2. The second kappa shape index (κ2) is 11.5. The first kappa shape index (κ1) is 25.6. The van der Waals surface area contributed by atoms with Gasteiger partial charge in [0.2, 0.25) is 0 Å². The van der Waals surface area contributed by atoms with E-state index in [1.165, 1.54) is 0 Å². The van der Waals surface area contributed by atoms with Crippen LogP contribution in [0.4, 0.5) is 0 Å². The van der Waals surface area contributed by atoms with Crippen molar-refractivity contribution < 1.29 is 19.4 Å². The van der Waals surface area contributed by atoms with Gasteiger partial charge in [0.15, 0.2) is 0 Å². The highest BCUT2D eigenvalue weighted by atomic mass is 16.5. The Labute approximate surface area is 212 Å². The molecule has 36 heavy (non-hydrogen) atoms. The van der Waals surface area contributed by atoms with Crippen LogP contribution < -0.4 is 15.7 Å². The predicted molar refractivity (Wildman–Crippen MR) is 138 cm³/mol. The molecule has 3 N–H and O–H groups in total. The minimum Gasteiger partial charge on any atom is -0.488 e. The van der Waals surface area contributed by atoms with Gasteiger partial charge in [-0.3, -0.25) is 14.6 Å². The SMILES string of the molecule is CCCN1C=C(CCC(CC(=O)O)c2ccc(C)c(CN3C[C@@H](C)Oc4ccccc4C3=O)c2)NN1. The zero-order chi connectivity index (χ0) is 25.7. The van der Waals surface area contributed by atoms with Crippen LogP contribution in [0.3, 0.4) is 0 Å². The minimum absolute atomic E-state index is 0.0507. The lowest BCUT2D eigenvalue weighted by Crippen LogP contribution is -2.36. The average Bonchev–Trinajstić information content (AvgIpc) is 3.25. The molecule has 0 saturated carbocycles. The number of carboxylic acid groups (broad SMARTS) is 1. The molecule has 0 aliphatic carbocycles. The maximum Gasteiger partial charge on any atom is 0.303 e. The summed E-state index contributed by atoms with van der Waals surface area (Å²) >= 11 is 0. The molecule has 2 aromatic carbocycles. The fourth-order valence-corrected chi connectivity index (χ4v) is 4.83. The second-order valence-electron chi connectivity index (χ2n) is 9.71. The summed E-state index contributed by atoms with van der Waals surface area (Å²) in [7, 11) is 0. The number of hydrazine groups is 2. The van der Waals surface area contributed by atoms with Gasteiger partial charge in [-0.15, -0.1) is 5.53 Å². The standard InChI is InChI=1S/C28H36N4O4/c1-4-13-32-18-24(29-30-32)12-11-22(15-27(33)34)21-10-9-19(2)23(14-21)17-31-16-20(3)36-26-8-6-5-7-25(26)28(31)35/h5-10,14,18,20,22,29-30H,4,11-13,15-17H2,1-3H3,(H,33,34)/t20-,22?/m1/s1. The van der Waals surface area contributed by atoms with Crippen LogP contribution in [0.15, 0.2) is 54.4 Å². The van der Waals surface area contributed by atoms with Gasteiger partial charge < -0.3 is 20.2 Å². The van der Waals surface area contributed by atoms with E-state index in [2.05, 4.69) is 24.0 Å². The molecule has 2 heterocycles. The number of aliphatic carboxylic acids is 1. The number of carbonyl (C=O) groups excluding carboxylic acids is 1. The van der Waals surface area contributed by atoms with Gasteiger partial charge in [0.1, 0.15) is 11.9 Å². The molecule has 8 nitrogen and oxygen atoms in total. The predicted octanol–water partition coefficient (Wildman–Crippen LogP) is 4.33. The Hall–Kier alpha value is -3.52. The van der Waals surface area contributed by atoms with Gasteiger partial charge in [0, 0.05) is 25.0 Å². The monoisotopic (exact) mass is 492 g/mol. The molecule has 0 bridgehead atoms. The first-order valence-electron chi connectivity index (χ1n) is 12.7. The Kier molecular flexibility index (Phi) is 8.15. The Bertz CT molecular complexity index is 1130.